The summed E-state index contributed by atoms with van der Waals surface area (Å²) in [5.74, 6) is 0.859. The van der Waals surface area contributed by atoms with E-state index in [0.717, 1.165) is 25.6 Å². The third kappa shape index (κ3) is 3.78. The summed E-state index contributed by atoms with van der Waals surface area (Å²) in [7, 11) is 2.33. The van der Waals surface area contributed by atoms with Gasteiger partial charge in [-0.1, -0.05) is 44.2 Å². The van der Waals surface area contributed by atoms with Crippen molar-refractivity contribution in [2.24, 2.45) is 5.92 Å². The molecule has 3 heteroatoms. The summed E-state index contributed by atoms with van der Waals surface area (Å²) in [6, 6.07) is 11.7. The van der Waals surface area contributed by atoms with E-state index in [9.17, 15) is 0 Å². The van der Waals surface area contributed by atoms with E-state index in [1.165, 1.54) is 37.9 Å². The highest BCUT2D eigenvalue weighted by Gasteiger charge is 2.44. The number of likely N-dealkylation sites (N-methyl/N-ethyl adjacent to an activating group) is 1. The van der Waals surface area contributed by atoms with Gasteiger partial charge in [-0.05, 0) is 57.4 Å². The molecule has 3 atom stereocenters. The van der Waals surface area contributed by atoms with Crippen LogP contribution in [0.25, 0.3) is 0 Å². The van der Waals surface area contributed by atoms with Crippen LogP contribution in [-0.2, 0) is 6.54 Å². The normalized spacial score (nSPS) is 29.1. The van der Waals surface area contributed by atoms with Gasteiger partial charge in [0.2, 0.25) is 0 Å². The third-order valence-corrected chi connectivity index (χ3v) is 5.91. The maximum atomic E-state index is 2.80. The van der Waals surface area contributed by atoms with Crippen molar-refractivity contribution in [2.45, 2.75) is 51.9 Å². The van der Waals surface area contributed by atoms with Gasteiger partial charge in [-0.25, -0.2) is 0 Å². The summed E-state index contributed by atoms with van der Waals surface area (Å²) in [4.78, 5) is 8.01. The standard InChI is InChI=1S/C20H33N3/c1-4-22(5-2)16-19-14-18-12-9-13-21(3)20(18)23(19)15-17-10-7-6-8-11-17/h6-8,10-11,18-20H,4-5,9,12-16H2,1-3H3. The van der Waals surface area contributed by atoms with Gasteiger partial charge in [-0.2, -0.15) is 0 Å². The first-order chi connectivity index (χ1) is 11.2. The Bertz CT molecular complexity index is 471. The Morgan fingerprint density at radius 3 is 2.57 bits per heavy atom. The largest absolute Gasteiger partial charge is 0.302 e. The minimum Gasteiger partial charge on any atom is -0.302 e. The Morgan fingerprint density at radius 1 is 1.13 bits per heavy atom. The van der Waals surface area contributed by atoms with Crippen LogP contribution in [0.5, 0.6) is 0 Å². The molecule has 0 aromatic heterocycles. The van der Waals surface area contributed by atoms with Crippen LogP contribution in [0, 0.1) is 5.92 Å². The van der Waals surface area contributed by atoms with Gasteiger partial charge in [-0.3, -0.25) is 9.80 Å². The maximum Gasteiger partial charge on any atom is 0.0655 e. The second-order valence-corrected chi connectivity index (χ2v) is 7.33. The number of likely N-dealkylation sites (tertiary alicyclic amines) is 2. The minimum atomic E-state index is 0.643. The summed E-state index contributed by atoms with van der Waals surface area (Å²) >= 11 is 0. The zero-order valence-electron chi connectivity index (χ0n) is 15.1. The number of hydrogen-bond acceptors (Lipinski definition) is 3. The molecular formula is C20H33N3. The van der Waals surface area contributed by atoms with Gasteiger partial charge in [0.1, 0.15) is 0 Å². The number of nitrogens with zero attached hydrogens (tertiary/aromatic N) is 3. The molecule has 3 rings (SSSR count). The fraction of sp³-hybridized carbons (Fsp3) is 0.700. The van der Waals surface area contributed by atoms with E-state index >= 15 is 0 Å². The number of piperidine rings is 1. The van der Waals surface area contributed by atoms with Crippen molar-refractivity contribution in [1.29, 1.82) is 0 Å². The molecule has 0 amide bonds. The average Bonchev–Trinajstić information content (AvgIpc) is 2.92. The molecule has 1 aromatic carbocycles. The third-order valence-electron chi connectivity index (χ3n) is 5.91. The van der Waals surface area contributed by atoms with Crippen molar-refractivity contribution >= 4 is 0 Å². The van der Waals surface area contributed by atoms with Crippen molar-refractivity contribution in [1.82, 2.24) is 14.7 Å². The highest BCUT2D eigenvalue weighted by molar-refractivity contribution is 5.15. The van der Waals surface area contributed by atoms with E-state index in [1.807, 2.05) is 0 Å². The molecule has 0 radical (unpaired) electrons. The molecule has 0 bridgehead atoms. The van der Waals surface area contributed by atoms with Gasteiger partial charge in [0.15, 0.2) is 0 Å². The highest BCUT2D eigenvalue weighted by atomic mass is 15.4. The summed E-state index contributed by atoms with van der Waals surface area (Å²) in [6.07, 6.45) is 4.80. The van der Waals surface area contributed by atoms with Gasteiger partial charge in [0, 0.05) is 19.1 Å². The number of benzene rings is 1. The molecule has 3 nitrogen and oxygen atoms in total. The summed E-state index contributed by atoms with van der Waals surface area (Å²) in [5, 5.41) is 0. The topological polar surface area (TPSA) is 9.72 Å². The predicted octanol–water partition coefficient (Wildman–Crippen LogP) is 3.27. The van der Waals surface area contributed by atoms with Gasteiger partial charge < -0.3 is 4.90 Å². The Morgan fingerprint density at radius 2 is 1.87 bits per heavy atom. The molecule has 2 fully saturated rings. The van der Waals surface area contributed by atoms with Crippen molar-refractivity contribution in [2.75, 3.05) is 33.2 Å². The Labute approximate surface area is 142 Å². The van der Waals surface area contributed by atoms with Crippen LogP contribution in [0.4, 0.5) is 0 Å². The van der Waals surface area contributed by atoms with E-state index in [-0.39, 0.29) is 0 Å². The van der Waals surface area contributed by atoms with E-state index in [1.54, 1.807) is 0 Å². The van der Waals surface area contributed by atoms with Gasteiger partial charge >= 0.3 is 0 Å². The van der Waals surface area contributed by atoms with Crippen LogP contribution in [0.3, 0.4) is 0 Å². The first-order valence-electron chi connectivity index (χ1n) is 9.45. The second kappa shape index (κ2) is 7.78. The molecule has 2 heterocycles. The molecule has 2 saturated heterocycles. The van der Waals surface area contributed by atoms with Crippen molar-refractivity contribution in [3.8, 4) is 0 Å². The van der Waals surface area contributed by atoms with Crippen LogP contribution >= 0.6 is 0 Å². The number of rotatable bonds is 6. The predicted molar refractivity (Wildman–Crippen MR) is 97.3 cm³/mol. The number of fused-ring (bicyclic) bond motifs is 1. The lowest BCUT2D eigenvalue weighted by atomic mass is 9.93. The van der Waals surface area contributed by atoms with E-state index in [2.05, 4.69) is 65.9 Å². The zero-order valence-corrected chi connectivity index (χ0v) is 15.1. The van der Waals surface area contributed by atoms with Crippen LogP contribution in [0.15, 0.2) is 30.3 Å². The Balaban J connectivity index is 1.78. The molecule has 0 saturated carbocycles. The van der Waals surface area contributed by atoms with Crippen LogP contribution in [0.2, 0.25) is 0 Å². The molecule has 3 unspecified atom stereocenters. The van der Waals surface area contributed by atoms with E-state index < -0.39 is 0 Å². The molecule has 2 aliphatic heterocycles. The van der Waals surface area contributed by atoms with Gasteiger partial charge in [0.05, 0.1) is 6.17 Å². The van der Waals surface area contributed by atoms with Gasteiger partial charge in [-0.15, -0.1) is 0 Å². The Hall–Kier alpha value is -0.900. The molecule has 128 valence electrons. The smallest absolute Gasteiger partial charge is 0.0655 e. The average molecular weight is 316 g/mol. The number of hydrogen-bond donors (Lipinski definition) is 0. The summed E-state index contributed by atoms with van der Waals surface area (Å²) < 4.78 is 0. The van der Waals surface area contributed by atoms with Crippen molar-refractivity contribution in [3.05, 3.63) is 35.9 Å². The fourth-order valence-corrected chi connectivity index (χ4v) is 4.68. The molecule has 0 spiro atoms. The second-order valence-electron chi connectivity index (χ2n) is 7.33. The molecule has 0 aliphatic carbocycles. The summed E-state index contributed by atoms with van der Waals surface area (Å²) in [6.45, 7) is 10.5. The van der Waals surface area contributed by atoms with E-state index in [4.69, 9.17) is 0 Å². The SMILES string of the molecule is CCN(CC)CC1CC2CCCN(C)C2N1Cc1ccccc1. The van der Waals surface area contributed by atoms with E-state index in [0.29, 0.717) is 12.2 Å². The van der Waals surface area contributed by atoms with Crippen LogP contribution in [0.1, 0.15) is 38.7 Å². The Kier molecular flexibility index (Phi) is 5.73. The van der Waals surface area contributed by atoms with Crippen molar-refractivity contribution in [3.63, 3.8) is 0 Å². The molecule has 2 aliphatic rings. The minimum absolute atomic E-state index is 0.643. The molecular weight excluding hydrogens is 282 g/mol. The molecule has 1 aromatic rings. The lowest BCUT2D eigenvalue weighted by Gasteiger charge is -2.41. The van der Waals surface area contributed by atoms with Gasteiger partial charge in [0.25, 0.3) is 0 Å². The zero-order chi connectivity index (χ0) is 16.2. The molecule has 23 heavy (non-hydrogen) atoms. The lowest BCUT2D eigenvalue weighted by Crippen LogP contribution is -2.51. The maximum absolute atomic E-state index is 2.80. The first kappa shape index (κ1) is 16.9. The highest BCUT2D eigenvalue weighted by Crippen LogP contribution is 2.38. The van der Waals surface area contributed by atoms with Crippen LogP contribution < -0.4 is 0 Å². The molecule has 0 N–H and O–H groups in total. The monoisotopic (exact) mass is 315 g/mol. The first-order valence-corrected chi connectivity index (χ1v) is 9.45. The van der Waals surface area contributed by atoms with Crippen LogP contribution in [-0.4, -0.2) is 60.1 Å². The van der Waals surface area contributed by atoms with Crippen molar-refractivity contribution < 1.29 is 0 Å². The quantitative estimate of drug-likeness (QED) is 0.798. The summed E-state index contributed by atoms with van der Waals surface area (Å²) in [5.41, 5.74) is 1.46. The lowest BCUT2D eigenvalue weighted by molar-refractivity contribution is 0.0146. The fourth-order valence-electron chi connectivity index (χ4n) is 4.68.